The molecule has 2 unspecified atom stereocenters. The van der Waals surface area contributed by atoms with Crippen molar-refractivity contribution in [3.8, 4) is 0 Å². The van der Waals surface area contributed by atoms with E-state index >= 15 is 0 Å². The zero-order chi connectivity index (χ0) is 18.8. The van der Waals surface area contributed by atoms with Gasteiger partial charge in [-0.2, -0.15) is 4.98 Å². The van der Waals surface area contributed by atoms with Crippen molar-refractivity contribution in [2.75, 3.05) is 36.9 Å². The summed E-state index contributed by atoms with van der Waals surface area (Å²) in [6.45, 7) is 5.82. The summed E-state index contributed by atoms with van der Waals surface area (Å²) in [6.07, 6.45) is 3.45. The van der Waals surface area contributed by atoms with Gasteiger partial charge >= 0.3 is 0 Å². The Morgan fingerprint density at radius 3 is 2.67 bits per heavy atom. The molecule has 0 saturated carbocycles. The van der Waals surface area contributed by atoms with Crippen molar-refractivity contribution in [2.24, 2.45) is 0 Å². The Balaban J connectivity index is 1.41. The molecule has 0 bridgehead atoms. The number of nitrogens with zero attached hydrogens (tertiary/aromatic N) is 4. The van der Waals surface area contributed by atoms with E-state index in [1.807, 2.05) is 12.1 Å². The van der Waals surface area contributed by atoms with E-state index in [0.717, 1.165) is 50.5 Å². The van der Waals surface area contributed by atoms with Gasteiger partial charge in [-0.15, -0.1) is 5.10 Å². The number of halogens is 1. The molecule has 0 spiro atoms. The largest absolute Gasteiger partial charge is 0.376 e. The quantitative estimate of drug-likeness (QED) is 0.833. The highest BCUT2D eigenvalue weighted by molar-refractivity contribution is 6.30. The summed E-state index contributed by atoms with van der Waals surface area (Å²) in [5, 5.41) is 7.69. The molecular weight excluding hydrogens is 364 g/mol. The fourth-order valence-electron chi connectivity index (χ4n) is 4.19. The second-order valence-electron chi connectivity index (χ2n) is 7.56. The first-order valence-corrected chi connectivity index (χ1v) is 10.0. The lowest BCUT2D eigenvalue weighted by Gasteiger charge is -2.46. The standard InChI is InChI=1S/C19H27ClN6O/c1-13-11-26(17(12-27-13)10-14-2-4-15(20)5-3-14)16-6-8-25(9-7-16)19-22-18(21)23-24-19/h2-5,13,16-17H,6-12H2,1H3,(H3,21,22,23,24). The fraction of sp³-hybridized carbons (Fsp3) is 0.579. The summed E-state index contributed by atoms with van der Waals surface area (Å²) in [5.74, 6) is 1.08. The first kappa shape index (κ1) is 18.5. The average Bonchev–Trinajstić information content (AvgIpc) is 3.11. The molecule has 2 fully saturated rings. The van der Waals surface area contributed by atoms with Crippen LogP contribution in [-0.4, -0.2) is 64.5 Å². The van der Waals surface area contributed by atoms with Gasteiger partial charge in [-0.3, -0.25) is 4.90 Å². The molecule has 7 nitrogen and oxygen atoms in total. The molecule has 146 valence electrons. The lowest BCUT2D eigenvalue weighted by Crippen LogP contribution is -2.56. The summed E-state index contributed by atoms with van der Waals surface area (Å²) < 4.78 is 5.98. The zero-order valence-electron chi connectivity index (χ0n) is 15.6. The second-order valence-corrected chi connectivity index (χ2v) is 8.00. The van der Waals surface area contributed by atoms with Crippen LogP contribution in [0.1, 0.15) is 25.3 Å². The molecular formula is C19H27ClN6O. The van der Waals surface area contributed by atoms with Crippen molar-refractivity contribution in [3.05, 3.63) is 34.9 Å². The van der Waals surface area contributed by atoms with Crippen molar-refractivity contribution in [3.63, 3.8) is 0 Å². The normalized spacial score (nSPS) is 25.0. The highest BCUT2D eigenvalue weighted by Crippen LogP contribution is 2.26. The van der Waals surface area contributed by atoms with Crippen molar-refractivity contribution in [2.45, 2.75) is 44.4 Å². The van der Waals surface area contributed by atoms with Crippen LogP contribution in [0, 0.1) is 0 Å². The van der Waals surface area contributed by atoms with Gasteiger partial charge in [0.2, 0.25) is 11.9 Å². The van der Waals surface area contributed by atoms with E-state index in [2.05, 4.69) is 44.0 Å². The summed E-state index contributed by atoms with van der Waals surface area (Å²) in [5.41, 5.74) is 6.97. The van der Waals surface area contributed by atoms with Crippen LogP contribution in [-0.2, 0) is 11.2 Å². The van der Waals surface area contributed by atoms with Gasteiger partial charge in [0.1, 0.15) is 0 Å². The van der Waals surface area contributed by atoms with Crippen LogP contribution in [0.2, 0.25) is 5.02 Å². The predicted molar refractivity (Wildman–Crippen MR) is 107 cm³/mol. The van der Waals surface area contributed by atoms with E-state index in [-0.39, 0.29) is 6.10 Å². The second kappa shape index (κ2) is 8.04. The van der Waals surface area contributed by atoms with Gasteiger partial charge in [0.05, 0.1) is 12.7 Å². The first-order chi connectivity index (χ1) is 13.1. The van der Waals surface area contributed by atoms with Gasteiger partial charge in [-0.1, -0.05) is 23.7 Å². The maximum atomic E-state index is 6.03. The van der Waals surface area contributed by atoms with Crippen LogP contribution in [0.25, 0.3) is 0 Å². The number of benzene rings is 1. The number of nitrogens with one attached hydrogen (secondary N) is 1. The molecule has 4 rings (SSSR count). The van der Waals surface area contributed by atoms with Gasteiger partial charge in [-0.25, -0.2) is 5.10 Å². The molecule has 0 amide bonds. The number of aromatic nitrogens is 3. The minimum absolute atomic E-state index is 0.275. The third kappa shape index (κ3) is 4.36. The maximum absolute atomic E-state index is 6.03. The summed E-state index contributed by atoms with van der Waals surface area (Å²) in [6, 6.07) is 9.13. The van der Waals surface area contributed by atoms with Crippen LogP contribution >= 0.6 is 11.6 Å². The topological polar surface area (TPSA) is 83.3 Å². The number of ether oxygens (including phenoxy) is 1. The van der Waals surface area contributed by atoms with Crippen LogP contribution in [0.4, 0.5) is 11.9 Å². The van der Waals surface area contributed by atoms with Gasteiger partial charge in [0, 0.05) is 36.7 Å². The molecule has 3 heterocycles. The van der Waals surface area contributed by atoms with E-state index in [4.69, 9.17) is 22.1 Å². The van der Waals surface area contributed by atoms with E-state index in [9.17, 15) is 0 Å². The lowest BCUT2D eigenvalue weighted by molar-refractivity contribution is -0.0745. The number of aromatic amines is 1. The molecule has 27 heavy (non-hydrogen) atoms. The molecule has 1 aromatic carbocycles. The SMILES string of the molecule is CC1CN(C2CCN(c3n[nH]c(N)n3)CC2)C(Cc2ccc(Cl)cc2)CO1. The molecule has 1 aromatic heterocycles. The van der Waals surface area contributed by atoms with Crippen LogP contribution in [0.5, 0.6) is 0 Å². The summed E-state index contributed by atoms with van der Waals surface area (Å²) in [7, 11) is 0. The Hall–Kier alpha value is -1.83. The molecule has 2 aliphatic heterocycles. The molecule has 3 N–H and O–H groups in total. The summed E-state index contributed by atoms with van der Waals surface area (Å²) >= 11 is 6.03. The molecule has 2 atom stereocenters. The number of nitrogen functional groups attached to an aromatic ring is 1. The highest BCUT2D eigenvalue weighted by Gasteiger charge is 2.34. The number of morpholine rings is 1. The molecule has 0 radical (unpaired) electrons. The van der Waals surface area contributed by atoms with Gasteiger partial charge in [0.15, 0.2) is 0 Å². The van der Waals surface area contributed by atoms with Crippen molar-refractivity contribution in [1.82, 2.24) is 20.1 Å². The third-order valence-electron chi connectivity index (χ3n) is 5.60. The van der Waals surface area contributed by atoms with Crippen LogP contribution in [0.3, 0.4) is 0 Å². The number of nitrogens with two attached hydrogens (primary N) is 1. The first-order valence-electron chi connectivity index (χ1n) is 9.63. The Bertz CT molecular complexity index is 743. The van der Waals surface area contributed by atoms with E-state index in [1.165, 1.54) is 5.56 Å². The monoisotopic (exact) mass is 390 g/mol. The van der Waals surface area contributed by atoms with E-state index < -0.39 is 0 Å². The minimum atomic E-state index is 0.275. The number of anilines is 2. The fourth-order valence-corrected chi connectivity index (χ4v) is 4.32. The molecule has 8 heteroatoms. The number of piperidine rings is 1. The zero-order valence-corrected chi connectivity index (χ0v) is 16.4. The highest BCUT2D eigenvalue weighted by atomic mass is 35.5. The number of hydrogen-bond donors (Lipinski definition) is 2. The van der Waals surface area contributed by atoms with Crippen molar-refractivity contribution >= 4 is 23.5 Å². The Morgan fingerprint density at radius 2 is 2.00 bits per heavy atom. The Morgan fingerprint density at radius 1 is 1.26 bits per heavy atom. The van der Waals surface area contributed by atoms with E-state index in [1.54, 1.807) is 0 Å². The Labute approximate surface area is 164 Å². The number of hydrogen-bond acceptors (Lipinski definition) is 6. The van der Waals surface area contributed by atoms with Gasteiger partial charge in [0.25, 0.3) is 0 Å². The molecule has 2 aromatic rings. The number of H-pyrrole nitrogens is 1. The van der Waals surface area contributed by atoms with Crippen molar-refractivity contribution < 1.29 is 4.74 Å². The minimum Gasteiger partial charge on any atom is -0.376 e. The Kier molecular flexibility index (Phi) is 5.52. The smallest absolute Gasteiger partial charge is 0.246 e. The maximum Gasteiger partial charge on any atom is 0.246 e. The van der Waals surface area contributed by atoms with Crippen LogP contribution in [0.15, 0.2) is 24.3 Å². The molecule has 2 saturated heterocycles. The predicted octanol–water partition coefficient (Wildman–Crippen LogP) is 2.34. The van der Waals surface area contributed by atoms with Gasteiger partial charge < -0.3 is 15.4 Å². The van der Waals surface area contributed by atoms with Crippen molar-refractivity contribution in [1.29, 1.82) is 0 Å². The summed E-state index contributed by atoms with van der Waals surface area (Å²) in [4.78, 5) is 9.12. The molecule has 2 aliphatic rings. The average molecular weight is 391 g/mol. The number of rotatable bonds is 4. The van der Waals surface area contributed by atoms with Crippen LogP contribution < -0.4 is 10.6 Å². The molecule has 0 aliphatic carbocycles. The lowest BCUT2D eigenvalue weighted by atomic mass is 9.96. The van der Waals surface area contributed by atoms with E-state index in [0.29, 0.717) is 24.0 Å². The van der Waals surface area contributed by atoms with Gasteiger partial charge in [-0.05, 0) is 43.9 Å². The third-order valence-corrected chi connectivity index (χ3v) is 5.85.